The molecule has 0 radical (unpaired) electrons. The van der Waals surface area contributed by atoms with Crippen LogP contribution in [0.3, 0.4) is 0 Å². The molecule has 0 aromatic heterocycles. The minimum absolute atomic E-state index is 0. The number of anilines is 2. The average molecular weight is 517 g/mol. The second-order valence-corrected chi connectivity index (χ2v) is 8.18. The summed E-state index contributed by atoms with van der Waals surface area (Å²) in [5.41, 5.74) is 6.46. The number of para-hydroxylation sites is 4. The fourth-order valence-corrected chi connectivity index (χ4v) is 3.16. The van der Waals surface area contributed by atoms with Gasteiger partial charge in [0, 0.05) is 0 Å². The van der Waals surface area contributed by atoms with Crippen molar-refractivity contribution in [3.05, 3.63) is 145 Å². The predicted octanol–water partition coefficient (Wildman–Crippen LogP) is 8.22. The molecule has 4 aromatic rings. The van der Waals surface area contributed by atoms with Gasteiger partial charge in [-0.2, -0.15) is 37.1 Å². The summed E-state index contributed by atoms with van der Waals surface area (Å²) in [7, 11) is 8.07. The van der Waals surface area contributed by atoms with Crippen molar-refractivity contribution in [1.29, 1.82) is 0 Å². The molecular formula is C31H36CrN4. The molecule has 0 saturated heterocycles. The van der Waals surface area contributed by atoms with E-state index in [-0.39, 0.29) is 17.4 Å². The Bertz CT molecular complexity index is 1010. The van der Waals surface area contributed by atoms with Crippen molar-refractivity contribution in [2.45, 2.75) is 0 Å². The van der Waals surface area contributed by atoms with Crippen molar-refractivity contribution in [3.8, 4) is 0 Å². The van der Waals surface area contributed by atoms with Gasteiger partial charge in [0.2, 0.25) is 0 Å². The van der Waals surface area contributed by atoms with Crippen LogP contribution < -0.4 is 9.80 Å². The third kappa shape index (κ3) is 11.2. The maximum absolute atomic E-state index is 4.33. The molecule has 0 heterocycles. The maximum Gasteiger partial charge on any atom is 4.00 e. The van der Waals surface area contributed by atoms with Crippen molar-refractivity contribution in [2.24, 2.45) is 0 Å². The molecule has 4 rings (SSSR count). The molecule has 186 valence electrons. The van der Waals surface area contributed by atoms with E-state index in [0.29, 0.717) is 6.67 Å². The van der Waals surface area contributed by atoms with Crippen molar-refractivity contribution >= 4 is 22.7 Å². The van der Waals surface area contributed by atoms with Gasteiger partial charge in [0.15, 0.2) is 0 Å². The van der Waals surface area contributed by atoms with Crippen LogP contribution >= 0.6 is 0 Å². The second-order valence-electron chi connectivity index (χ2n) is 8.18. The Balaban J connectivity index is 0.000000276. The topological polar surface area (TPSA) is 34.7 Å². The van der Waals surface area contributed by atoms with Crippen LogP contribution in [0.2, 0.25) is 0 Å². The van der Waals surface area contributed by atoms with Gasteiger partial charge < -0.3 is 20.4 Å². The molecule has 0 N–H and O–H groups in total. The zero-order valence-electron chi connectivity index (χ0n) is 21.7. The maximum atomic E-state index is 4.33. The van der Waals surface area contributed by atoms with E-state index >= 15 is 0 Å². The summed E-state index contributed by atoms with van der Waals surface area (Å²) in [6.45, 7) is 8.28. The smallest absolute Gasteiger partial charge is 0.699 e. The molecule has 0 atom stereocenters. The third-order valence-electron chi connectivity index (χ3n) is 4.97. The van der Waals surface area contributed by atoms with Crippen LogP contribution in [-0.4, -0.2) is 34.9 Å². The summed E-state index contributed by atoms with van der Waals surface area (Å²) < 4.78 is 0. The zero-order valence-corrected chi connectivity index (χ0v) is 23.0. The van der Waals surface area contributed by atoms with Crippen molar-refractivity contribution in [3.63, 3.8) is 0 Å². The van der Waals surface area contributed by atoms with Gasteiger partial charge in [-0.25, -0.2) is 6.67 Å². The fraction of sp³-hybridized carbons (Fsp3) is 0.161. The van der Waals surface area contributed by atoms with Gasteiger partial charge in [0.25, 0.3) is 0 Å². The minimum Gasteiger partial charge on any atom is -0.699 e. The van der Waals surface area contributed by atoms with Crippen LogP contribution in [-0.2, 0) is 17.4 Å². The number of hydrogen-bond donors (Lipinski definition) is 0. The zero-order chi connectivity index (χ0) is 25.5. The van der Waals surface area contributed by atoms with Gasteiger partial charge in [-0.3, -0.25) is 0 Å². The molecule has 0 fully saturated rings. The molecular weight excluding hydrogens is 480 g/mol. The monoisotopic (exact) mass is 516 g/mol. The summed E-state index contributed by atoms with van der Waals surface area (Å²) in [5.74, 6) is 0. The molecule has 0 aliphatic rings. The van der Waals surface area contributed by atoms with Gasteiger partial charge >= 0.3 is 17.4 Å². The normalized spacial score (nSPS) is 9.22. The molecule has 0 saturated carbocycles. The molecule has 0 spiro atoms. The van der Waals surface area contributed by atoms with Crippen LogP contribution in [0.25, 0.3) is 10.6 Å². The van der Waals surface area contributed by atoms with Gasteiger partial charge in [-0.1, -0.05) is 96.3 Å². The second kappa shape index (κ2) is 16.9. The molecule has 5 heteroatoms. The molecule has 4 nitrogen and oxygen atoms in total. The van der Waals surface area contributed by atoms with E-state index in [9.17, 15) is 0 Å². The van der Waals surface area contributed by atoms with E-state index in [0.717, 1.165) is 22.5 Å². The Morgan fingerprint density at radius 1 is 0.500 bits per heavy atom. The summed E-state index contributed by atoms with van der Waals surface area (Å²) >= 11 is 0. The van der Waals surface area contributed by atoms with E-state index in [1.165, 1.54) is 11.4 Å². The quantitative estimate of drug-likeness (QED) is 0.242. The Morgan fingerprint density at radius 3 is 1.08 bits per heavy atom. The van der Waals surface area contributed by atoms with E-state index < -0.39 is 0 Å². The van der Waals surface area contributed by atoms with E-state index in [1.807, 2.05) is 125 Å². The Morgan fingerprint density at radius 2 is 0.806 bits per heavy atom. The molecule has 0 amide bonds. The van der Waals surface area contributed by atoms with Crippen LogP contribution in [0.4, 0.5) is 22.7 Å². The number of benzene rings is 4. The average Bonchev–Trinajstić information content (AvgIpc) is 2.86. The summed E-state index contributed by atoms with van der Waals surface area (Å²) in [5, 5.41) is 8.67. The van der Waals surface area contributed by atoms with E-state index in [2.05, 4.69) is 46.4 Å². The first-order valence-electron chi connectivity index (χ1n) is 11.5. The molecule has 0 unspecified atom stereocenters. The van der Waals surface area contributed by atoms with Crippen LogP contribution in [0.5, 0.6) is 0 Å². The summed E-state index contributed by atoms with van der Waals surface area (Å²) in [4.78, 5) is 4.12. The minimum atomic E-state index is 0. The number of nitrogens with zero attached hydrogens (tertiary/aromatic N) is 4. The summed E-state index contributed by atoms with van der Waals surface area (Å²) in [6, 6.07) is 35.9. The van der Waals surface area contributed by atoms with Gasteiger partial charge in [0.1, 0.15) is 0 Å². The van der Waals surface area contributed by atoms with Crippen LogP contribution in [0, 0.1) is 13.8 Å². The Hall–Kier alpha value is -3.65. The summed E-state index contributed by atoms with van der Waals surface area (Å²) in [6.07, 6.45) is 0. The Labute approximate surface area is 229 Å². The van der Waals surface area contributed by atoms with Gasteiger partial charge in [-0.15, -0.1) is 23.5 Å². The molecule has 0 aliphatic carbocycles. The van der Waals surface area contributed by atoms with Crippen molar-refractivity contribution in [2.75, 3.05) is 44.7 Å². The predicted molar refractivity (Wildman–Crippen MR) is 154 cm³/mol. The first-order chi connectivity index (χ1) is 16.9. The van der Waals surface area contributed by atoms with Crippen LogP contribution in [0.15, 0.2) is 109 Å². The largest absolute Gasteiger partial charge is 4.00 e. The van der Waals surface area contributed by atoms with Crippen molar-refractivity contribution in [1.82, 2.24) is 0 Å². The molecule has 0 aliphatic heterocycles. The standard InChI is InChI=1S/C13H12N2.2C9H12N.Cr/c1-3-7-12(8-4-1)14-11-15-13-9-5-2-6-10-13;2*1-8-6-4-5-7-9(8)10(2)3;/h1-10H,11H2;2*4-7H,1H2,2-3H3;/q-2;2*-1;+4. The first-order valence-corrected chi connectivity index (χ1v) is 11.5. The first kappa shape index (κ1) is 30.4. The van der Waals surface area contributed by atoms with E-state index in [1.54, 1.807) is 0 Å². The third-order valence-corrected chi connectivity index (χ3v) is 4.97. The van der Waals surface area contributed by atoms with Crippen molar-refractivity contribution < 1.29 is 17.4 Å². The number of rotatable bonds is 6. The molecule has 36 heavy (non-hydrogen) atoms. The number of hydrogen-bond acceptors (Lipinski definition) is 2. The molecule has 4 aromatic carbocycles. The van der Waals surface area contributed by atoms with Crippen LogP contribution in [0.1, 0.15) is 11.1 Å². The molecule has 0 bridgehead atoms. The van der Waals surface area contributed by atoms with Gasteiger partial charge in [0.05, 0.1) is 0 Å². The fourth-order valence-electron chi connectivity index (χ4n) is 3.16. The Kier molecular flexibility index (Phi) is 14.3. The van der Waals surface area contributed by atoms with E-state index in [4.69, 9.17) is 0 Å². The SMILES string of the molecule is [CH2-]c1ccccc1N(C)C.[CH2-]c1ccccc1N(C)C.[Cr+4].c1ccc([N-]C[N-]c2ccccc2)cc1. The van der Waals surface area contributed by atoms with Gasteiger partial charge in [-0.05, 0) is 28.2 Å².